The second-order valence-electron chi connectivity index (χ2n) is 5.28. The van der Waals surface area contributed by atoms with Crippen LogP contribution in [0.3, 0.4) is 0 Å². The van der Waals surface area contributed by atoms with Crippen molar-refractivity contribution >= 4 is 11.6 Å². The fourth-order valence-corrected chi connectivity index (χ4v) is 2.51. The Morgan fingerprint density at radius 2 is 2.00 bits per heavy atom. The molecular weight excluding hydrogens is 276 g/mol. The first-order valence-corrected chi connectivity index (χ1v) is 7.33. The van der Waals surface area contributed by atoms with Gasteiger partial charge in [-0.3, -0.25) is 9.78 Å². The van der Waals surface area contributed by atoms with E-state index in [4.69, 9.17) is 0 Å². The van der Waals surface area contributed by atoms with Crippen LogP contribution in [-0.2, 0) is 0 Å². The third-order valence-electron chi connectivity index (χ3n) is 3.66. The summed E-state index contributed by atoms with van der Waals surface area (Å²) in [4.78, 5) is 20.9. The molecule has 3 heterocycles. The Morgan fingerprint density at radius 1 is 1.23 bits per heavy atom. The summed E-state index contributed by atoms with van der Waals surface area (Å²) in [5, 5.41) is 3.07. The van der Waals surface area contributed by atoms with Crippen molar-refractivity contribution in [1.82, 2.24) is 19.7 Å². The third kappa shape index (κ3) is 2.83. The molecule has 0 aliphatic heterocycles. The molecule has 3 aromatic heterocycles. The number of hydrogen-bond acceptors (Lipinski definition) is 3. The molecule has 1 amide bonds. The predicted molar refractivity (Wildman–Crippen MR) is 84.7 cm³/mol. The minimum Gasteiger partial charge on any atom is -0.345 e. The van der Waals surface area contributed by atoms with E-state index < -0.39 is 0 Å². The van der Waals surface area contributed by atoms with Crippen molar-refractivity contribution in [1.29, 1.82) is 0 Å². The molecule has 3 aromatic rings. The van der Waals surface area contributed by atoms with Gasteiger partial charge in [0, 0.05) is 24.8 Å². The van der Waals surface area contributed by atoms with Crippen molar-refractivity contribution in [2.75, 3.05) is 0 Å². The van der Waals surface area contributed by atoms with Crippen LogP contribution in [0.4, 0.5) is 0 Å². The second kappa shape index (κ2) is 5.97. The van der Waals surface area contributed by atoms with E-state index in [-0.39, 0.29) is 11.9 Å². The van der Waals surface area contributed by atoms with Crippen molar-refractivity contribution in [3.8, 4) is 0 Å². The van der Waals surface area contributed by atoms with Crippen molar-refractivity contribution in [2.45, 2.75) is 26.3 Å². The van der Waals surface area contributed by atoms with Gasteiger partial charge >= 0.3 is 0 Å². The van der Waals surface area contributed by atoms with E-state index in [1.807, 2.05) is 48.8 Å². The van der Waals surface area contributed by atoms with Gasteiger partial charge in [-0.2, -0.15) is 0 Å². The first-order chi connectivity index (χ1) is 10.7. The van der Waals surface area contributed by atoms with Crippen LogP contribution in [0.5, 0.6) is 0 Å². The molecule has 0 aliphatic rings. The number of fused-ring (bicyclic) bond motifs is 1. The summed E-state index contributed by atoms with van der Waals surface area (Å²) in [6.45, 7) is 3.98. The van der Waals surface area contributed by atoms with Gasteiger partial charge in [-0.25, -0.2) is 4.98 Å². The summed E-state index contributed by atoms with van der Waals surface area (Å²) in [5.41, 5.74) is 3.46. The maximum Gasteiger partial charge on any atom is 0.253 e. The molecular formula is C17H18N4O. The zero-order valence-corrected chi connectivity index (χ0v) is 12.7. The van der Waals surface area contributed by atoms with E-state index in [1.165, 1.54) is 0 Å². The van der Waals surface area contributed by atoms with Gasteiger partial charge in [-0.05, 0) is 43.2 Å². The van der Waals surface area contributed by atoms with Crippen LogP contribution in [0.1, 0.15) is 41.0 Å². The van der Waals surface area contributed by atoms with Crippen molar-refractivity contribution in [3.05, 3.63) is 65.9 Å². The Labute approximate surface area is 129 Å². The number of amides is 1. The van der Waals surface area contributed by atoms with Gasteiger partial charge in [0.15, 0.2) is 0 Å². The van der Waals surface area contributed by atoms with Crippen LogP contribution in [-0.4, -0.2) is 20.3 Å². The average Bonchev–Trinajstić information content (AvgIpc) is 2.92. The smallest absolute Gasteiger partial charge is 0.253 e. The number of imidazole rings is 1. The van der Waals surface area contributed by atoms with Gasteiger partial charge in [0.1, 0.15) is 5.65 Å². The lowest BCUT2D eigenvalue weighted by Gasteiger charge is -2.17. The Hall–Kier alpha value is -2.69. The van der Waals surface area contributed by atoms with Crippen LogP contribution < -0.4 is 5.32 Å². The maximum atomic E-state index is 12.5. The van der Waals surface area contributed by atoms with E-state index in [9.17, 15) is 4.79 Å². The lowest BCUT2D eigenvalue weighted by molar-refractivity contribution is 0.0935. The largest absolute Gasteiger partial charge is 0.345 e. The molecule has 1 atom stereocenters. The molecule has 0 spiro atoms. The molecule has 0 saturated carbocycles. The van der Waals surface area contributed by atoms with E-state index in [1.54, 1.807) is 18.5 Å². The van der Waals surface area contributed by atoms with Crippen LogP contribution in [0.15, 0.2) is 49.1 Å². The third-order valence-corrected chi connectivity index (χ3v) is 3.66. The lowest BCUT2D eigenvalue weighted by atomic mass is 10.1. The average molecular weight is 294 g/mol. The highest BCUT2D eigenvalue weighted by molar-refractivity contribution is 5.94. The summed E-state index contributed by atoms with van der Waals surface area (Å²) in [7, 11) is 0. The van der Waals surface area contributed by atoms with E-state index >= 15 is 0 Å². The highest BCUT2D eigenvalue weighted by atomic mass is 16.1. The molecule has 1 N–H and O–H groups in total. The predicted octanol–water partition coefficient (Wildman–Crippen LogP) is 2.92. The van der Waals surface area contributed by atoms with Gasteiger partial charge < -0.3 is 9.72 Å². The zero-order chi connectivity index (χ0) is 15.5. The minimum atomic E-state index is -0.0862. The number of nitrogens with zero attached hydrogens (tertiary/aromatic N) is 3. The van der Waals surface area contributed by atoms with E-state index in [0.717, 1.165) is 23.3 Å². The molecule has 0 fully saturated rings. The highest BCUT2D eigenvalue weighted by Crippen LogP contribution is 2.16. The van der Waals surface area contributed by atoms with Crippen LogP contribution in [0.2, 0.25) is 0 Å². The summed E-state index contributed by atoms with van der Waals surface area (Å²) >= 11 is 0. The summed E-state index contributed by atoms with van der Waals surface area (Å²) in [6, 6.07) is 7.50. The number of carbonyl (C=O) groups excluding carboxylic acids is 1. The topological polar surface area (TPSA) is 59.3 Å². The van der Waals surface area contributed by atoms with Crippen LogP contribution in [0, 0.1) is 6.92 Å². The fourth-order valence-electron chi connectivity index (χ4n) is 2.51. The van der Waals surface area contributed by atoms with Gasteiger partial charge in [0.25, 0.3) is 5.91 Å². The molecule has 0 bridgehead atoms. The molecule has 112 valence electrons. The lowest BCUT2D eigenvalue weighted by Crippen LogP contribution is -2.28. The molecule has 3 rings (SSSR count). The van der Waals surface area contributed by atoms with Crippen LogP contribution in [0.25, 0.3) is 5.65 Å². The molecule has 0 aromatic carbocycles. The minimum absolute atomic E-state index is 0.0179. The fraction of sp³-hybridized carbons (Fsp3) is 0.235. The summed E-state index contributed by atoms with van der Waals surface area (Å²) in [5.74, 6) is -0.0862. The quantitative estimate of drug-likeness (QED) is 0.805. The number of carbonyl (C=O) groups is 1. The summed E-state index contributed by atoms with van der Waals surface area (Å²) < 4.78 is 1.87. The molecule has 0 unspecified atom stereocenters. The molecule has 22 heavy (non-hydrogen) atoms. The molecule has 5 heteroatoms. The van der Waals surface area contributed by atoms with Gasteiger partial charge in [0.2, 0.25) is 0 Å². The second-order valence-corrected chi connectivity index (χ2v) is 5.28. The van der Waals surface area contributed by atoms with E-state index in [0.29, 0.717) is 5.56 Å². The first kappa shape index (κ1) is 14.3. The van der Waals surface area contributed by atoms with E-state index in [2.05, 4.69) is 15.3 Å². The monoisotopic (exact) mass is 294 g/mol. The number of hydrogen-bond donors (Lipinski definition) is 1. The van der Waals surface area contributed by atoms with Gasteiger partial charge in [-0.15, -0.1) is 0 Å². The Bertz CT molecular complexity index is 795. The number of aryl methyl sites for hydroxylation is 1. The van der Waals surface area contributed by atoms with Crippen LogP contribution >= 0.6 is 0 Å². The zero-order valence-electron chi connectivity index (χ0n) is 12.7. The molecule has 0 aliphatic carbocycles. The molecule has 0 radical (unpaired) electrons. The van der Waals surface area contributed by atoms with Crippen molar-refractivity contribution in [3.63, 3.8) is 0 Å². The molecule has 5 nitrogen and oxygen atoms in total. The van der Waals surface area contributed by atoms with Crippen molar-refractivity contribution in [2.24, 2.45) is 0 Å². The SMILES string of the molecule is CC[C@@H](NC(=O)c1ccc2nc(C)cn2c1)c1ccncc1. The van der Waals surface area contributed by atoms with Gasteiger partial charge in [0.05, 0.1) is 17.3 Å². The number of nitrogens with one attached hydrogen (secondary N) is 1. The first-order valence-electron chi connectivity index (χ1n) is 7.33. The Kier molecular flexibility index (Phi) is 3.87. The van der Waals surface area contributed by atoms with Gasteiger partial charge in [-0.1, -0.05) is 6.92 Å². The Morgan fingerprint density at radius 3 is 2.73 bits per heavy atom. The highest BCUT2D eigenvalue weighted by Gasteiger charge is 2.14. The number of aromatic nitrogens is 3. The number of rotatable bonds is 4. The normalized spacial score (nSPS) is 12.3. The molecule has 0 saturated heterocycles. The summed E-state index contributed by atoms with van der Waals surface area (Å²) in [6.07, 6.45) is 8.02. The Balaban J connectivity index is 1.82. The number of pyridine rings is 2. The maximum absolute atomic E-state index is 12.5. The standard InChI is InChI=1S/C17H18N4O/c1-3-15(13-6-8-18-9-7-13)20-17(22)14-4-5-16-19-12(2)10-21(16)11-14/h4-11,15H,3H2,1-2H3,(H,20,22)/t15-/m1/s1. The van der Waals surface area contributed by atoms with Crippen molar-refractivity contribution < 1.29 is 4.79 Å².